The van der Waals surface area contributed by atoms with E-state index in [-0.39, 0.29) is 11.9 Å². The average molecular weight is 427 g/mol. The van der Waals surface area contributed by atoms with Gasteiger partial charge in [0.05, 0.1) is 25.5 Å². The van der Waals surface area contributed by atoms with Crippen LogP contribution in [-0.2, 0) is 0 Å². The van der Waals surface area contributed by atoms with E-state index in [1.54, 1.807) is 25.3 Å². The maximum Gasteiger partial charge on any atom is 0.255 e. The number of anilines is 1. The van der Waals surface area contributed by atoms with Crippen molar-refractivity contribution < 1.29 is 14.3 Å². The van der Waals surface area contributed by atoms with Crippen LogP contribution in [0.3, 0.4) is 0 Å². The Morgan fingerprint density at radius 1 is 1.20 bits per heavy atom. The smallest absolute Gasteiger partial charge is 0.255 e. The first-order valence-corrected chi connectivity index (χ1v) is 10.0. The SMILES string of the molecule is COc1cccc(C(=O)N[C@H]2CCN(c3cc(-c4ccc(Cl)cc4)[nH]n3)C2)c1OC. The van der Waals surface area contributed by atoms with E-state index in [2.05, 4.69) is 20.4 Å². The van der Waals surface area contributed by atoms with Gasteiger partial charge in [0.1, 0.15) is 0 Å². The number of rotatable bonds is 6. The minimum absolute atomic E-state index is 0.0177. The third-order valence-corrected chi connectivity index (χ3v) is 5.47. The van der Waals surface area contributed by atoms with Gasteiger partial charge < -0.3 is 19.7 Å². The van der Waals surface area contributed by atoms with E-state index in [9.17, 15) is 4.79 Å². The molecule has 2 N–H and O–H groups in total. The number of H-pyrrole nitrogens is 1. The summed E-state index contributed by atoms with van der Waals surface area (Å²) in [5, 5.41) is 11.3. The fourth-order valence-electron chi connectivity index (χ4n) is 3.67. The summed E-state index contributed by atoms with van der Waals surface area (Å²) in [5.41, 5.74) is 2.41. The lowest BCUT2D eigenvalue weighted by atomic mass is 10.1. The van der Waals surface area contributed by atoms with Gasteiger partial charge >= 0.3 is 0 Å². The topological polar surface area (TPSA) is 79.5 Å². The zero-order valence-electron chi connectivity index (χ0n) is 16.8. The molecule has 30 heavy (non-hydrogen) atoms. The van der Waals surface area contributed by atoms with Crippen LogP contribution in [0.25, 0.3) is 11.3 Å². The predicted octanol–water partition coefficient (Wildman–Crippen LogP) is 3.76. The maximum atomic E-state index is 12.8. The first kappa shape index (κ1) is 20.1. The van der Waals surface area contributed by atoms with E-state index in [4.69, 9.17) is 21.1 Å². The quantitative estimate of drug-likeness (QED) is 0.627. The van der Waals surface area contributed by atoms with Gasteiger partial charge in [0.2, 0.25) is 0 Å². The predicted molar refractivity (Wildman–Crippen MR) is 117 cm³/mol. The Morgan fingerprint density at radius 2 is 2.00 bits per heavy atom. The standard InChI is InChI=1S/C22H23ClN4O3/c1-29-19-5-3-4-17(21(19)30-2)22(28)24-16-10-11-27(13-16)20-12-18(25-26-20)14-6-8-15(23)9-7-14/h3-9,12,16H,10-11,13H2,1-2H3,(H,24,28)(H,25,26)/t16-/m0/s1. The minimum Gasteiger partial charge on any atom is -0.493 e. The van der Waals surface area contributed by atoms with Crippen LogP contribution in [0.5, 0.6) is 11.5 Å². The summed E-state index contributed by atoms with van der Waals surface area (Å²) in [6, 6.07) is 14.9. The number of aromatic nitrogens is 2. The number of halogens is 1. The van der Waals surface area contributed by atoms with Crippen molar-refractivity contribution in [2.45, 2.75) is 12.5 Å². The summed E-state index contributed by atoms with van der Waals surface area (Å²) in [5.74, 6) is 1.65. The molecule has 1 saturated heterocycles. The molecule has 7 nitrogen and oxygen atoms in total. The molecule has 3 aromatic rings. The number of hydrogen-bond acceptors (Lipinski definition) is 5. The zero-order valence-corrected chi connectivity index (χ0v) is 17.6. The Kier molecular flexibility index (Phi) is 5.81. The van der Waals surface area contributed by atoms with Crippen molar-refractivity contribution in [2.24, 2.45) is 0 Å². The van der Waals surface area contributed by atoms with Gasteiger partial charge in [-0.05, 0) is 36.2 Å². The molecule has 0 aliphatic carbocycles. The Labute approximate surface area is 179 Å². The number of ether oxygens (including phenoxy) is 2. The second kappa shape index (κ2) is 8.67. The van der Waals surface area contributed by atoms with Gasteiger partial charge in [-0.3, -0.25) is 9.89 Å². The minimum atomic E-state index is -0.179. The number of methoxy groups -OCH3 is 2. The van der Waals surface area contributed by atoms with Crippen LogP contribution in [0.2, 0.25) is 5.02 Å². The van der Waals surface area contributed by atoms with Crippen molar-refractivity contribution in [3.05, 3.63) is 59.1 Å². The summed E-state index contributed by atoms with van der Waals surface area (Å²) < 4.78 is 10.7. The Bertz CT molecular complexity index is 1040. The monoisotopic (exact) mass is 426 g/mol. The molecule has 0 radical (unpaired) electrons. The van der Waals surface area contributed by atoms with Gasteiger partial charge in [0.15, 0.2) is 17.3 Å². The molecule has 0 unspecified atom stereocenters. The number of aromatic amines is 1. The van der Waals surface area contributed by atoms with Crippen LogP contribution in [-0.4, -0.2) is 49.5 Å². The summed E-state index contributed by atoms with van der Waals surface area (Å²) in [4.78, 5) is 15.0. The lowest BCUT2D eigenvalue weighted by Crippen LogP contribution is -2.37. The second-order valence-electron chi connectivity index (χ2n) is 7.09. The number of carbonyl (C=O) groups excluding carboxylic acids is 1. The van der Waals surface area contributed by atoms with Gasteiger partial charge in [0, 0.05) is 30.2 Å². The van der Waals surface area contributed by atoms with Crippen LogP contribution in [0.4, 0.5) is 5.82 Å². The van der Waals surface area contributed by atoms with Crippen LogP contribution in [0.1, 0.15) is 16.8 Å². The number of para-hydroxylation sites is 1. The fourth-order valence-corrected chi connectivity index (χ4v) is 3.79. The van der Waals surface area contributed by atoms with E-state index in [0.29, 0.717) is 28.6 Å². The molecule has 1 fully saturated rings. The molecule has 156 valence electrons. The number of carbonyl (C=O) groups is 1. The highest BCUT2D eigenvalue weighted by atomic mass is 35.5. The van der Waals surface area contributed by atoms with Crippen molar-refractivity contribution in [1.29, 1.82) is 0 Å². The molecule has 0 bridgehead atoms. The van der Waals surface area contributed by atoms with E-state index in [1.807, 2.05) is 30.3 Å². The van der Waals surface area contributed by atoms with Crippen molar-refractivity contribution in [3.8, 4) is 22.8 Å². The second-order valence-corrected chi connectivity index (χ2v) is 7.53. The summed E-state index contributed by atoms with van der Waals surface area (Å²) >= 11 is 5.96. The molecule has 8 heteroatoms. The van der Waals surface area contributed by atoms with Crippen LogP contribution >= 0.6 is 11.6 Å². The van der Waals surface area contributed by atoms with Crippen LogP contribution < -0.4 is 19.7 Å². The molecule has 1 aliphatic rings. The van der Waals surface area contributed by atoms with Gasteiger partial charge in [0.25, 0.3) is 5.91 Å². The molecular weight excluding hydrogens is 404 g/mol. The lowest BCUT2D eigenvalue weighted by Gasteiger charge is -2.17. The Morgan fingerprint density at radius 3 is 2.73 bits per heavy atom. The van der Waals surface area contributed by atoms with E-state index >= 15 is 0 Å². The largest absolute Gasteiger partial charge is 0.493 e. The molecule has 1 amide bonds. The van der Waals surface area contributed by atoms with E-state index in [0.717, 1.165) is 30.0 Å². The highest BCUT2D eigenvalue weighted by Gasteiger charge is 2.27. The molecular formula is C22H23ClN4O3. The van der Waals surface area contributed by atoms with E-state index < -0.39 is 0 Å². The number of nitrogens with one attached hydrogen (secondary N) is 2. The van der Waals surface area contributed by atoms with Crippen LogP contribution in [0, 0.1) is 0 Å². The Balaban J connectivity index is 1.42. The first-order valence-electron chi connectivity index (χ1n) is 9.67. The van der Waals surface area contributed by atoms with E-state index in [1.165, 1.54) is 7.11 Å². The van der Waals surface area contributed by atoms with Crippen molar-refractivity contribution in [2.75, 3.05) is 32.2 Å². The molecule has 0 saturated carbocycles. The van der Waals surface area contributed by atoms with Gasteiger partial charge in [-0.1, -0.05) is 29.8 Å². The molecule has 2 aromatic carbocycles. The van der Waals surface area contributed by atoms with Gasteiger partial charge in [-0.15, -0.1) is 0 Å². The highest BCUT2D eigenvalue weighted by Crippen LogP contribution is 2.31. The summed E-state index contributed by atoms with van der Waals surface area (Å²) in [6.45, 7) is 1.49. The van der Waals surface area contributed by atoms with Crippen molar-refractivity contribution in [1.82, 2.24) is 15.5 Å². The zero-order chi connectivity index (χ0) is 21.1. The normalized spacial score (nSPS) is 15.8. The van der Waals surface area contributed by atoms with Crippen molar-refractivity contribution in [3.63, 3.8) is 0 Å². The van der Waals surface area contributed by atoms with Crippen molar-refractivity contribution >= 4 is 23.3 Å². The van der Waals surface area contributed by atoms with Gasteiger partial charge in [-0.2, -0.15) is 5.10 Å². The summed E-state index contributed by atoms with van der Waals surface area (Å²) in [7, 11) is 3.08. The molecule has 0 spiro atoms. The molecule has 1 atom stereocenters. The third-order valence-electron chi connectivity index (χ3n) is 5.21. The number of amides is 1. The molecule has 1 aromatic heterocycles. The number of benzene rings is 2. The fraction of sp³-hybridized carbons (Fsp3) is 0.273. The summed E-state index contributed by atoms with van der Waals surface area (Å²) in [6.07, 6.45) is 0.834. The number of nitrogens with zero attached hydrogens (tertiary/aromatic N) is 2. The molecule has 4 rings (SSSR count). The number of hydrogen-bond donors (Lipinski definition) is 2. The highest BCUT2D eigenvalue weighted by molar-refractivity contribution is 6.30. The van der Waals surface area contributed by atoms with Crippen LogP contribution in [0.15, 0.2) is 48.5 Å². The maximum absolute atomic E-state index is 12.8. The lowest BCUT2D eigenvalue weighted by molar-refractivity contribution is 0.0936. The molecule has 1 aliphatic heterocycles. The molecule has 2 heterocycles. The average Bonchev–Trinajstić information content (AvgIpc) is 3.43. The Hall–Kier alpha value is -3.19. The van der Waals surface area contributed by atoms with Gasteiger partial charge in [-0.25, -0.2) is 0 Å². The first-order chi connectivity index (χ1) is 14.6. The third kappa shape index (κ3) is 4.07.